The summed E-state index contributed by atoms with van der Waals surface area (Å²) in [6.45, 7) is 4.46. The van der Waals surface area contributed by atoms with Crippen LogP contribution in [0.4, 0.5) is 0 Å². The molecule has 2 rings (SSSR count). The number of aryl methyl sites for hydroxylation is 1. The van der Waals surface area contributed by atoms with Crippen molar-refractivity contribution in [2.45, 2.75) is 38.6 Å². The number of carbonyl (C=O) groups excluding carboxylic acids is 2. The molecule has 0 bridgehead atoms. The van der Waals surface area contributed by atoms with Crippen LogP contribution in [0.5, 0.6) is 0 Å². The first kappa shape index (κ1) is 18.8. The average Bonchev–Trinajstić information content (AvgIpc) is 3.23. The Bertz CT molecular complexity index is 706. The Morgan fingerprint density at radius 3 is 2.56 bits per heavy atom. The maximum atomic E-state index is 12.1. The fourth-order valence-corrected chi connectivity index (χ4v) is 2.51. The maximum Gasteiger partial charge on any atom is 0.244 e. The van der Waals surface area contributed by atoms with Crippen LogP contribution in [0.1, 0.15) is 38.7 Å². The van der Waals surface area contributed by atoms with Gasteiger partial charge in [0.05, 0.1) is 5.54 Å². The number of hydrogen-bond donors (Lipinski definition) is 2. The normalized spacial score (nSPS) is 16.4. The first-order chi connectivity index (χ1) is 12.0. The molecule has 1 fully saturated rings. The Morgan fingerprint density at radius 1 is 1.24 bits per heavy atom. The fourth-order valence-electron chi connectivity index (χ4n) is 2.51. The monoisotopic (exact) mass is 341 g/mol. The topological polar surface area (TPSA) is 63.1 Å². The molecule has 5 nitrogen and oxygen atoms in total. The summed E-state index contributed by atoms with van der Waals surface area (Å²) in [4.78, 5) is 24.0. The molecule has 1 saturated carbocycles. The third-order valence-electron chi connectivity index (χ3n) is 4.35. The quantitative estimate of drug-likeness (QED) is 0.564. The highest BCUT2D eigenvalue weighted by Gasteiger charge is 2.43. The summed E-state index contributed by atoms with van der Waals surface area (Å²) in [6.07, 6.45) is 15.2. The van der Waals surface area contributed by atoms with Crippen molar-refractivity contribution in [3.8, 4) is 0 Å². The van der Waals surface area contributed by atoms with Gasteiger partial charge in [-0.25, -0.2) is 0 Å². The van der Waals surface area contributed by atoms with Gasteiger partial charge < -0.3 is 15.2 Å². The minimum Gasteiger partial charge on any atom is -0.357 e. The number of aromatic nitrogens is 1. The molecule has 2 amide bonds. The SMILES string of the molecule is C/C=C(\C=C\C(=O)NCC1(NC(=O)/C=C/c2ccn(C)c2)CC1)CC. The third-order valence-corrected chi connectivity index (χ3v) is 4.35. The van der Waals surface area contributed by atoms with Crippen LogP contribution < -0.4 is 10.6 Å². The predicted molar refractivity (Wildman–Crippen MR) is 101 cm³/mol. The van der Waals surface area contributed by atoms with E-state index in [1.54, 1.807) is 12.2 Å². The van der Waals surface area contributed by atoms with E-state index in [0.29, 0.717) is 6.54 Å². The van der Waals surface area contributed by atoms with E-state index in [2.05, 4.69) is 17.6 Å². The Morgan fingerprint density at radius 2 is 2.00 bits per heavy atom. The maximum absolute atomic E-state index is 12.1. The molecule has 1 aliphatic rings. The lowest BCUT2D eigenvalue weighted by molar-refractivity contribution is -0.119. The largest absolute Gasteiger partial charge is 0.357 e. The zero-order valence-electron chi connectivity index (χ0n) is 15.2. The molecule has 0 radical (unpaired) electrons. The summed E-state index contributed by atoms with van der Waals surface area (Å²) < 4.78 is 1.93. The lowest BCUT2D eigenvalue weighted by Crippen LogP contribution is -2.44. The van der Waals surface area contributed by atoms with Crippen LogP contribution in [0.3, 0.4) is 0 Å². The zero-order chi connectivity index (χ0) is 18.3. The van der Waals surface area contributed by atoms with Gasteiger partial charge in [-0.15, -0.1) is 0 Å². The van der Waals surface area contributed by atoms with Gasteiger partial charge in [-0.3, -0.25) is 9.59 Å². The minimum absolute atomic E-state index is 0.131. The van der Waals surface area contributed by atoms with Gasteiger partial charge in [0.1, 0.15) is 0 Å². The van der Waals surface area contributed by atoms with Crippen molar-refractivity contribution >= 4 is 17.9 Å². The Labute approximate surface area is 149 Å². The molecule has 2 N–H and O–H groups in total. The molecule has 1 aromatic heterocycles. The van der Waals surface area contributed by atoms with E-state index in [9.17, 15) is 9.59 Å². The number of hydrogen-bond acceptors (Lipinski definition) is 2. The molecule has 0 saturated heterocycles. The Kier molecular flexibility index (Phi) is 6.39. The van der Waals surface area contributed by atoms with Crippen molar-refractivity contribution in [3.63, 3.8) is 0 Å². The van der Waals surface area contributed by atoms with Crippen LogP contribution in [0.15, 0.2) is 48.3 Å². The third kappa shape index (κ3) is 6.10. The van der Waals surface area contributed by atoms with Crippen molar-refractivity contribution in [1.82, 2.24) is 15.2 Å². The van der Waals surface area contributed by atoms with Gasteiger partial charge in [-0.1, -0.05) is 24.6 Å². The van der Waals surface area contributed by atoms with E-state index >= 15 is 0 Å². The number of nitrogens with one attached hydrogen (secondary N) is 2. The predicted octanol–water partition coefficient (Wildman–Crippen LogP) is 2.72. The number of carbonyl (C=O) groups is 2. The van der Waals surface area contributed by atoms with Crippen LogP contribution in [-0.2, 0) is 16.6 Å². The van der Waals surface area contributed by atoms with Gasteiger partial charge in [-0.2, -0.15) is 0 Å². The molecule has 0 unspecified atom stereocenters. The molecule has 1 heterocycles. The summed E-state index contributed by atoms with van der Waals surface area (Å²) in [7, 11) is 1.94. The number of amides is 2. The Balaban J connectivity index is 1.79. The standard InChI is InChI=1S/C20H27N3O2/c1-4-16(5-2)6-8-18(24)21-15-20(11-12-20)22-19(25)9-7-17-10-13-23(3)14-17/h4,6-10,13-14H,5,11-12,15H2,1-3H3,(H,21,24)(H,22,25)/b8-6+,9-7+,16-4-. The van der Waals surface area contributed by atoms with Crippen molar-refractivity contribution < 1.29 is 9.59 Å². The zero-order valence-corrected chi connectivity index (χ0v) is 15.2. The number of allylic oxidation sites excluding steroid dienone is 3. The second-order valence-electron chi connectivity index (χ2n) is 6.48. The van der Waals surface area contributed by atoms with Gasteiger partial charge in [0.2, 0.25) is 11.8 Å². The summed E-state index contributed by atoms with van der Waals surface area (Å²) in [5, 5.41) is 5.88. The van der Waals surface area contributed by atoms with Crippen molar-refractivity contribution in [1.29, 1.82) is 0 Å². The van der Waals surface area contributed by atoms with Gasteiger partial charge in [-0.05, 0) is 43.9 Å². The first-order valence-corrected chi connectivity index (χ1v) is 8.69. The van der Waals surface area contributed by atoms with Crippen molar-refractivity contribution in [3.05, 3.63) is 53.9 Å². The van der Waals surface area contributed by atoms with E-state index in [4.69, 9.17) is 0 Å². The highest BCUT2D eigenvalue weighted by atomic mass is 16.2. The minimum atomic E-state index is -0.296. The van der Waals surface area contributed by atoms with Crippen LogP contribution in [0, 0.1) is 0 Å². The molecule has 0 atom stereocenters. The van der Waals surface area contributed by atoms with E-state index in [-0.39, 0.29) is 17.4 Å². The molecular weight excluding hydrogens is 314 g/mol. The van der Waals surface area contributed by atoms with Crippen LogP contribution in [-0.4, -0.2) is 28.5 Å². The van der Waals surface area contributed by atoms with Crippen LogP contribution in [0.25, 0.3) is 6.08 Å². The molecule has 0 aromatic carbocycles. The second-order valence-corrected chi connectivity index (χ2v) is 6.48. The molecule has 0 spiro atoms. The van der Waals surface area contributed by atoms with Gasteiger partial charge in [0.25, 0.3) is 0 Å². The van der Waals surface area contributed by atoms with Crippen molar-refractivity contribution in [2.24, 2.45) is 7.05 Å². The van der Waals surface area contributed by atoms with Gasteiger partial charge in [0, 0.05) is 38.1 Å². The van der Waals surface area contributed by atoms with E-state index in [1.165, 1.54) is 6.08 Å². The molecule has 0 aliphatic heterocycles. The van der Waals surface area contributed by atoms with Crippen molar-refractivity contribution in [2.75, 3.05) is 6.54 Å². The lowest BCUT2D eigenvalue weighted by atomic mass is 10.2. The average molecular weight is 341 g/mol. The molecule has 134 valence electrons. The van der Waals surface area contributed by atoms with Crippen LogP contribution >= 0.6 is 0 Å². The summed E-state index contributed by atoms with van der Waals surface area (Å²) in [6, 6.07) is 1.94. The van der Waals surface area contributed by atoms with E-state index in [0.717, 1.165) is 30.4 Å². The number of nitrogens with zero attached hydrogens (tertiary/aromatic N) is 1. The molecule has 5 heteroatoms. The highest BCUT2D eigenvalue weighted by molar-refractivity contribution is 5.92. The molecule has 1 aromatic rings. The Hall–Kier alpha value is -2.56. The summed E-state index contributed by atoms with van der Waals surface area (Å²) in [5.41, 5.74) is 1.81. The van der Waals surface area contributed by atoms with Crippen LogP contribution in [0.2, 0.25) is 0 Å². The smallest absolute Gasteiger partial charge is 0.244 e. The van der Waals surface area contributed by atoms with Gasteiger partial charge >= 0.3 is 0 Å². The molecule has 1 aliphatic carbocycles. The molecular formula is C20H27N3O2. The van der Waals surface area contributed by atoms with E-state index in [1.807, 2.05) is 49.2 Å². The summed E-state index contributed by atoms with van der Waals surface area (Å²) in [5.74, 6) is -0.263. The fraction of sp³-hybridized carbons (Fsp3) is 0.400. The highest BCUT2D eigenvalue weighted by Crippen LogP contribution is 2.34. The van der Waals surface area contributed by atoms with E-state index < -0.39 is 0 Å². The second kappa shape index (κ2) is 8.51. The lowest BCUT2D eigenvalue weighted by Gasteiger charge is -2.16. The number of rotatable bonds is 8. The molecule has 25 heavy (non-hydrogen) atoms. The first-order valence-electron chi connectivity index (χ1n) is 8.69. The summed E-state index contributed by atoms with van der Waals surface area (Å²) >= 11 is 0. The van der Waals surface area contributed by atoms with Gasteiger partial charge in [0.15, 0.2) is 0 Å².